The minimum absolute atomic E-state index is 0.155. The molecule has 0 aliphatic heterocycles. The van der Waals surface area contributed by atoms with Crippen molar-refractivity contribution in [2.75, 3.05) is 0 Å². The van der Waals surface area contributed by atoms with Crippen molar-refractivity contribution in [3.05, 3.63) is 147 Å². The average molecular weight is 510 g/mol. The number of hydrogen-bond donors (Lipinski definition) is 1. The molecule has 0 amide bonds. The van der Waals surface area contributed by atoms with E-state index >= 15 is 0 Å². The van der Waals surface area contributed by atoms with Crippen LogP contribution in [0.5, 0.6) is 0 Å². The molecular weight excluding hydrogens is 458 g/mol. The van der Waals surface area contributed by atoms with Gasteiger partial charge >= 0.3 is 0 Å². The molecule has 0 saturated heterocycles. The molecule has 0 fully saturated rings. The van der Waals surface area contributed by atoms with Gasteiger partial charge in [-0.25, -0.2) is 0 Å². The quantitative estimate of drug-likeness (QED) is 0.113. The summed E-state index contributed by atoms with van der Waals surface area (Å²) in [6.45, 7) is 32.7. The molecule has 1 rings (SSSR count). The fourth-order valence-corrected chi connectivity index (χ4v) is 4.58. The van der Waals surface area contributed by atoms with E-state index in [1.165, 1.54) is 11.1 Å². The highest BCUT2D eigenvalue weighted by Gasteiger charge is 2.20. The minimum Gasteiger partial charge on any atom is -0.383 e. The van der Waals surface area contributed by atoms with E-state index < -0.39 is 0 Å². The summed E-state index contributed by atoms with van der Waals surface area (Å²) in [5.74, 6) is 0.962. The molecular formula is C37H51N. The van der Waals surface area contributed by atoms with Gasteiger partial charge in [0.05, 0.1) is 0 Å². The van der Waals surface area contributed by atoms with E-state index in [9.17, 15) is 0 Å². The molecule has 204 valence electrons. The van der Waals surface area contributed by atoms with Gasteiger partial charge in [-0.15, -0.1) is 19.7 Å². The van der Waals surface area contributed by atoms with Crippen molar-refractivity contribution in [2.24, 2.45) is 11.8 Å². The largest absolute Gasteiger partial charge is 0.383 e. The first-order chi connectivity index (χ1) is 18.3. The van der Waals surface area contributed by atoms with E-state index in [1.807, 2.05) is 30.4 Å². The Morgan fingerprint density at radius 2 is 1.61 bits per heavy atom. The van der Waals surface area contributed by atoms with Crippen molar-refractivity contribution >= 4 is 0 Å². The summed E-state index contributed by atoms with van der Waals surface area (Å²) in [5.41, 5.74) is 5.80. The van der Waals surface area contributed by atoms with E-state index in [2.05, 4.69) is 88.3 Å². The van der Waals surface area contributed by atoms with Crippen LogP contribution in [0.2, 0.25) is 0 Å². The van der Waals surface area contributed by atoms with Crippen LogP contribution < -0.4 is 5.32 Å². The number of rotatable bonds is 22. The fourth-order valence-electron chi connectivity index (χ4n) is 4.58. The van der Waals surface area contributed by atoms with Gasteiger partial charge in [0.2, 0.25) is 0 Å². The molecule has 0 spiro atoms. The lowest BCUT2D eigenvalue weighted by molar-refractivity contribution is 0.411. The second-order valence-electron chi connectivity index (χ2n) is 10.2. The van der Waals surface area contributed by atoms with Gasteiger partial charge in [0, 0.05) is 11.7 Å². The van der Waals surface area contributed by atoms with E-state index in [0.717, 1.165) is 81.1 Å². The van der Waals surface area contributed by atoms with Gasteiger partial charge in [-0.2, -0.15) is 0 Å². The first-order valence-corrected chi connectivity index (χ1v) is 14.0. The van der Waals surface area contributed by atoms with Crippen molar-refractivity contribution in [1.29, 1.82) is 0 Å². The summed E-state index contributed by atoms with van der Waals surface area (Å²) >= 11 is 0. The second-order valence-corrected chi connectivity index (χ2v) is 10.2. The molecule has 1 aliphatic carbocycles. The lowest BCUT2D eigenvalue weighted by Gasteiger charge is -2.27. The SMILES string of the molecule is C=C/C=C\C=C\C1=CC(CCC(CC(C=C)NC(=C)CCC(=C)C(=C)CCC=C)C(=C)CCC=C)CC=C1. The summed E-state index contributed by atoms with van der Waals surface area (Å²) in [6.07, 6.45) is 32.6. The fraction of sp³-hybridized carbons (Fsp3) is 0.351. The third-order valence-corrected chi connectivity index (χ3v) is 7.05. The Balaban J connectivity index is 2.74. The zero-order valence-corrected chi connectivity index (χ0v) is 23.8. The molecule has 1 nitrogen and oxygen atoms in total. The van der Waals surface area contributed by atoms with E-state index in [0.29, 0.717) is 11.8 Å². The third kappa shape index (κ3) is 13.8. The maximum atomic E-state index is 4.48. The van der Waals surface area contributed by atoms with Gasteiger partial charge in [0.25, 0.3) is 0 Å². The summed E-state index contributed by atoms with van der Waals surface area (Å²) < 4.78 is 0. The summed E-state index contributed by atoms with van der Waals surface area (Å²) in [5, 5.41) is 3.62. The van der Waals surface area contributed by atoms with Crippen molar-refractivity contribution in [3.63, 3.8) is 0 Å². The predicted molar refractivity (Wildman–Crippen MR) is 173 cm³/mol. The van der Waals surface area contributed by atoms with Crippen LogP contribution in [-0.4, -0.2) is 6.04 Å². The topological polar surface area (TPSA) is 12.0 Å². The van der Waals surface area contributed by atoms with Gasteiger partial charge in [0.15, 0.2) is 0 Å². The summed E-state index contributed by atoms with van der Waals surface area (Å²) in [6, 6.07) is 0.155. The van der Waals surface area contributed by atoms with Crippen LogP contribution >= 0.6 is 0 Å². The Hall–Kier alpha value is -3.32. The summed E-state index contributed by atoms with van der Waals surface area (Å²) in [4.78, 5) is 0. The van der Waals surface area contributed by atoms with Crippen LogP contribution in [0.15, 0.2) is 147 Å². The Kier molecular flexibility index (Phi) is 17.0. The normalized spacial score (nSPS) is 16.4. The van der Waals surface area contributed by atoms with Gasteiger partial charge in [-0.1, -0.05) is 116 Å². The molecule has 1 N–H and O–H groups in total. The highest BCUT2D eigenvalue weighted by Crippen LogP contribution is 2.31. The summed E-state index contributed by atoms with van der Waals surface area (Å²) in [7, 11) is 0. The van der Waals surface area contributed by atoms with E-state index in [1.54, 1.807) is 6.08 Å². The standard InChI is InChI=1S/C37H51N/c1-9-13-16-17-21-34-22-18-23-35(28-34)26-27-36(32(7)20-15-11-3)29-37(12-4)38-33(8)25-24-31(6)30(5)19-14-10-2/h9-13,16-18,21-22,28,35-38H,1-8,14-15,19-20,23-27,29H2/b16-13-,21-17+. The highest BCUT2D eigenvalue weighted by atomic mass is 14.9. The van der Waals surface area contributed by atoms with Crippen molar-refractivity contribution in [3.8, 4) is 0 Å². The van der Waals surface area contributed by atoms with Crippen LogP contribution in [0.3, 0.4) is 0 Å². The third-order valence-electron chi connectivity index (χ3n) is 7.05. The molecule has 0 aromatic carbocycles. The first-order valence-electron chi connectivity index (χ1n) is 14.0. The van der Waals surface area contributed by atoms with Gasteiger partial charge in [-0.05, 0) is 81.6 Å². The smallest absolute Gasteiger partial charge is 0.0444 e. The van der Waals surface area contributed by atoms with E-state index in [-0.39, 0.29) is 6.04 Å². The Morgan fingerprint density at radius 1 is 0.895 bits per heavy atom. The molecule has 0 radical (unpaired) electrons. The maximum absolute atomic E-state index is 4.48. The zero-order chi connectivity index (χ0) is 28.2. The van der Waals surface area contributed by atoms with E-state index in [4.69, 9.17) is 0 Å². The molecule has 1 aliphatic rings. The molecule has 38 heavy (non-hydrogen) atoms. The number of nitrogens with one attached hydrogen (secondary N) is 1. The molecule has 0 saturated carbocycles. The lowest BCUT2D eigenvalue weighted by Crippen LogP contribution is -2.29. The average Bonchev–Trinajstić information content (AvgIpc) is 2.93. The monoisotopic (exact) mass is 509 g/mol. The van der Waals surface area contributed by atoms with Crippen LogP contribution in [0.4, 0.5) is 0 Å². The lowest BCUT2D eigenvalue weighted by atomic mass is 9.82. The molecule has 0 aromatic rings. The second kappa shape index (κ2) is 19.7. The molecule has 0 aromatic heterocycles. The van der Waals surface area contributed by atoms with Gasteiger partial charge in [0.1, 0.15) is 0 Å². The first kappa shape index (κ1) is 32.7. The van der Waals surface area contributed by atoms with Crippen molar-refractivity contribution < 1.29 is 0 Å². The maximum Gasteiger partial charge on any atom is 0.0444 e. The Labute approximate surface area is 234 Å². The van der Waals surface area contributed by atoms with Crippen LogP contribution in [0.1, 0.15) is 64.2 Å². The van der Waals surface area contributed by atoms with Gasteiger partial charge in [-0.3, -0.25) is 0 Å². The molecule has 3 unspecified atom stereocenters. The molecule has 1 heteroatoms. The Morgan fingerprint density at radius 3 is 2.29 bits per heavy atom. The van der Waals surface area contributed by atoms with Crippen LogP contribution in [0.25, 0.3) is 0 Å². The molecule has 0 heterocycles. The highest BCUT2D eigenvalue weighted by molar-refractivity contribution is 5.35. The predicted octanol–water partition coefficient (Wildman–Crippen LogP) is 10.6. The molecule has 0 bridgehead atoms. The van der Waals surface area contributed by atoms with Crippen molar-refractivity contribution in [1.82, 2.24) is 5.32 Å². The minimum atomic E-state index is 0.155. The Bertz CT molecular complexity index is 961. The van der Waals surface area contributed by atoms with Crippen LogP contribution in [-0.2, 0) is 0 Å². The van der Waals surface area contributed by atoms with Crippen LogP contribution in [0, 0.1) is 11.8 Å². The zero-order valence-electron chi connectivity index (χ0n) is 23.8. The number of allylic oxidation sites excluding steroid dienone is 15. The number of hydrogen-bond acceptors (Lipinski definition) is 1. The molecule has 3 atom stereocenters. The van der Waals surface area contributed by atoms with Crippen molar-refractivity contribution in [2.45, 2.75) is 70.3 Å². The van der Waals surface area contributed by atoms with Gasteiger partial charge < -0.3 is 5.32 Å².